The minimum atomic E-state index is -0.270. The standard InChI is InChI=1S/C11H16ClN3O2/c1-2-3-7-17-8-6-13-11(16)9-4-5-10(12)15-14-9/h4-5H,2-3,6-8H2,1H3,(H,13,16). The molecule has 5 nitrogen and oxygen atoms in total. The molecule has 0 saturated heterocycles. The monoisotopic (exact) mass is 257 g/mol. The molecule has 6 heteroatoms. The number of carbonyl (C=O) groups excluding carboxylic acids is 1. The van der Waals surface area contributed by atoms with E-state index in [1.165, 1.54) is 12.1 Å². The molecule has 0 aliphatic rings. The molecule has 94 valence electrons. The molecule has 1 aromatic heterocycles. The second kappa shape index (κ2) is 7.97. The van der Waals surface area contributed by atoms with E-state index in [1.54, 1.807) is 0 Å². The van der Waals surface area contributed by atoms with Crippen LogP contribution in [0.5, 0.6) is 0 Å². The molecule has 1 amide bonds. The lowest BCUT2D eigenvalue weighted by Crippen LogP contribution is -2.28. The number of carbonyl (C=O) groups is 1. The van der Waals surface area contributed by atoms with Crippen LogP contribution in [0, 0.1) is 0 Å². The van der Waals surface area contributed by atoms with Gasteiger partial charge < -0.3 is 10.1 Å². The first-order valence-electron chi connectivity index (χ1n) is 5.59. The van der Waals surface area contributed by atoms with Gasteiger partial charge in [-0.05, 0) is 18.6 Å². The van der Waals surface area contributed by atoms with Gasteiger partial charge in [0.25, 0.3) is 5.91 Å². The average molecular weight is 258 g/mol. The predicted molar refractivity (Wildman–Crippen MR) is 65.1 cm³/mol. The van der Waals surface area contributed by atoms with Gasteiger partial charge in [-0.3, -0.25) is 4.79 Å². The smallest absolute Gasteiger partial charge is 0.271 e. The van der Waals surface area contributed by atoms with E-state index in [9.17, 15) is 4.79 Å². The Morgan fingerprint density at radius 2 is 2.24 bits per heavy atom. The molecule has 0 aliphatic heterocycles. The summed E-state index contributed by atoms with van der Waals surface area (Å²) in [6, 6.07) is 3.06. The van der Waals surface area contributed by atoms with Crippen molar-refractivity contribution in [3.63, 3.8) is 0 Å². The number of amides is 1. The predicted octanol–water partition coefficient (Wildman–Crippen LogP) is 1.68. The number of hydrogen-bond acceptors (Lipinski definition) is 4. The fourth-order valence-electron chi connectivity index (χ4n) is 1.11. The zero-order chi connectivity index (χ0) is 12.5. The maximum atomic E-state index is 11.5. The van der Waals surface area contributed by atoms with E-state index < -0.39 is 0 Å². The Labute approximate surface area is 106 Å². The average Bonchev–Trinajstić information content (AvgIpc) is 2.34. The van der Waals surface area contributed by atoms with Crippen LogP contribution in [-0.2, 0) is 4.74 Å². The molecule has 0 unspecified atom stereocenters. The number of unbranched alkanes of at least 4 members (excludes halogenated alkanes) is 1. The normalized spacial score (nSPS) is 10.2. The third kappa shape index (κ3) is 5.60. The molecular weight excluding hydrogens is 242 g/mol. The van der Waals surface area contributed by atoms with Gasteiger partial charge in [0.15, 0.2) is 10.8 Å². The van der Waals surface area contributed by atoms with E-state index in [4.69, 9.17) is 16.3 Å². The summed E-state index contributed by atoms with van der Waals surface area (Å²) in [4.78, 5) is 11.5. The second-order valence-electron chi connectivity index (χ2n) is 3.46. The fourth-order valence-corrected chi connectivity index (χ4v) is 1.21. The highest BCUT2D eigenvalue weighted by atomic mass is 35.5. The SMILES string of the molecule is CCCCOCCNC(=O)c1ccc(Cl)nn1. The molecule has 0 aliphatic carbocycles. The number of halogens is 1. The van der Waals surface area contributed by atoms with Crippen molar-refractivity contribution in [2.24, 2.45) is 0 Å². The van der Waals surface area contributed by atoms with Gasteiger partial charge in [-0.15, -0.1) is 10.2 Å². The summed E-state index contributed by atoms with van der Waals surface area (Å²) in [5.74, 6) is -0.270. The molecule has 1 rings (SSSR count). The quantitative estimate of drug-likeness (QED) is 0.755. The molecule has 0 aromatic carbocycles. The van der Waals surface area contributed by atoms with Crippen molar-refractivity contribution in [3.05, 3.63) is 23.0 Å². The summed E-state index contributed by atoms with van der Waals surface area (Å²) < 4.78 is 5.31. The van der Waals surface area contributed by atoms with Crippen LogP contribution < -0.4 is 5.32 Å². The Morgan fingerprint density at radius 3 is 2.88 bits per heavy atom. The van der Waals surface area contributed by atoms with Gasteiger partial charge in [0.2, 0.25) is 0 Å². The van der Waals surface area contributed by atoms with Crippen LogP contribution >= 0.6 is 11.6 Å². The minimum absolute atomic E-state index is 0.253. The van der Waals surface area contributed by atoms with Crippen LogP contribution in [0.3, 0.4) is 0 Å². The Hall–Kier alpha value is -1.20. The first kappa shape index (κ1) is 13.9. The van der Waals surface area contributed by atoms with E-state index in [0.29, 0.717) is 13.2 Å². The number of aromatic nitrogens is 2. The van der Waals surface area contributed by atoms with Crippen molar-refractivity contribution in [1.82, 2.24) is 15.5 Å². The van der Waals surface area contributed by atoms with Crippen LogP contribution in [-0.4, -0.2) is 35.9 Å². The van der Waals surface area contributed by atoms with Gasteiger partial charge >= 0.3 is 0 Å². The summed E-state index contributed by atoms with van der Waals surface area (Å²) in [7, 11) is 0. The molecule has 0 saturated carbocycles. The highest BCUT2D eigenvalue weighted by Gasteiger charge is 2.06. The molecule has 0 fully saturated rings. The minimum Gasteiger partial charge on any atom is -0.380 e. The summed E-state index contributed by atoms with van der Waals surface area (Å²) in [5.41, 5.74) is 0.253. The molecular formula is C11H16ClN3O2. The van der Waals surface area contributed by atoms with Gasteiger partial charge in [-0.1, -0.05) is 24.9 Å². The van der Waals surface area contributed by atoms with Gasteiger partial charge in [-0.2, -0.15) is 0 Å². The lowest BCUT2D eigenvalue weighted by Gasteiger charge is -2.05. The van der Waals surface area contributed by atoms with Crippen LogP contribution in [0.25, 0.3) is 0 Å². The van der Waals surface area contributed by atoms with Crippen molar-refractivity contribution >= 4 is 17.5 Å². The van der Waals surface area contributed by atoms with Crippen molar-refractivity contribution < 1.29 is 9.53 Å². The Kier molecular flexibility index (Phi) is 6.50. The summed E-state index contributed by atoms with van der Waals surface area (Å²) in [5, 5.41) is 10.2. The van der Waals surface area contributed by atoms with Crippen molar-refractivity contribution in [3.8, 4) is 0 Å². The number of hydrogen-bond donors (Lipinski definition) is 1. The van der Waals surface area contributed by atoms with Crippen LogP contribution in [0.4, 0.5) is 0 Å². The van der Waals surface area contributed by atoms with E-state index in [2.05, 4.69) is 22.4 Å². The molecule has 1 heterocycles. The van der Waals surface area contributed by atoms with E-state index >= 15 is 0 Å². The molecule has 17 heavy (non-hydrogen) atoms. The number of rotatable bonds is 7. The largest absolute Gasteiger partial charge is 0.380 e. The Bertz CT molecular complexity index is 343. The third-order valence-electron chi connectivity index (χ3n) is 2.04. The fraction of sp³-hybridized carbons (Fsp3) is 0.545. The summed E-state index contributed by atoms with van der Waals surface area (Å²) in [6.45, 7) is 3.80. The maximum absolute atomic E-state index is 11.5. The van der Waals surface area contributed by atoms with E-state index in [-0.39, 0.29) is 16.8 Å². The lowest BCUT2D eigenvalue weighted by molar-refractivity contribution is 0.0907. The van der Waals surface area contributed by atoms with Gasteiger partial charge in [-0.25, -0.2) is 0 Å². The number of nitrogens with one attached hydrogen (secondary N) is 1. The maximum Gasteiger partial charge on any atom is 0.271 e. The van der Waals surface area contributed by atoms with Crippen molar-refractivity contribution in [2.75, 3.05) is 19.8 Å². The van der Waals surface area contributed by atoms with Crippen molar-refractivity contribution in [1.29, 1.82) is 0 Å². The first-order chi connectivity index (χ1) is 8.24. The highest BCUT2D eigenvalue weighted by molar-refractivity contribution is 6.29. The molecule has 0 spiro atoms. The number of ether oxygens (including phenoxy) is 1. The Balaban J connectivity index is 2.19. The Morgan fingerprint density at radius 1 is 1.41 bits per heavy atom. The van der Waals surface area contributed by atoms with Crippen LogP contribution in [0.15, 0.2) is 12.1 Å². The third-order valence-corrected chi connectivity index (χ3v) is 2.24. The van der Waals surface area contributed by atoms with E-state index in [1.807, 2.05) is 0 Å². The summed E-state index contributed by atoms with van der Waals surface area (Å²) in [6.07, 6.45) is 2.14. The highest BCUT2D eigenvalue weighted by Crippen LogP contribution is 2.01. The molecule has 0 radical (unpaired) electrons. The van der Waals surface area contributed by atoms with E-state index in [0.717, 1.165) is 19.4 Å². The molecule has 1 aromatic rings. The molecule has 0 bridgehead atoms. The van der Waals surface area contributed by atoms with Crippen molar-refractivity contribution in [2.45, 2.75) is 19.8 Å². The van der Waals surface area contributed by atoms with Gasteiger partial charge in [0, 0.05) is 13.2 Å². The van der Waals surface area contributed by atoms with Crippen LogP contribution in [0.1, 0.15) is 30.3 Å². The zero-order valence-corrected chi connectivity index (χ0v) is 10.5. The summed E-state index contributed by atoms with van der Waals surface area (Å²) >= 11 is 5.57. The molecule has 0 atom stereocenters. The topological polar surface area (TPSA) is 64.1 Å². The number of nitrogens with zero attached hydrogens (tertiary/aromatic N) is 2. The van der Waals surface area contributed by atoms with Gasteiger partial charge in [0.05, 0.1) is 6.61 Å². The van der Waals surface area contributed by atoms with Gasteiger partial charge in [0.1, 0.15) is 0 Å². The zero-order valence-electron chi connectivity index (χ0n) is 9.78. The lowest BCUT2D eigenvalue weighted by atomic mass is 10.3. The van der Waals surface area contributed by atoms with Crippen LogP contribution in [0.2, 0.25) is 5.15 Å². The molecule has 1 N–H and O–H groups in total. The first-order valence-corrected chi connectivity index (χ1v) is 5.97. The second-order valence-corrected chi connectivity index (χ2v) is 3.85.